The summed E-state index contributed by atoms with van der Waals surface area (Å²) in [5.41, 5.74) is 4.22. The molecule has 0 bridgehead atoms. The van der Waals surface area contributed by atoms with E-state index in [4.69, 9.17) is 21.3 Å². The van der Waals surface area contributed by atoms with Gasteiger partial charge in [-0.15, -0.1) is 11.3 Å². The summed E-state index contributed by atoms with van der Waals surface area (Å²) in [5, 5.41) is 6.57. The molecule has 0 saturated carbocycles. The zero-order valence-electron chi connectivity index (χ0n) is 15.6. The minimum absolute atomic E-state index is 0.168. The predicted octanol–water partition coefficient (Wildman–Crippen LogP) is 6.39. The second-order valence-corrected chi connectivity index (χ2v) is 7.60. The molecule has 0 unspecified atom stereocenters. The normalized spacial score (nSPS) is 10.6. The minimum atomic E-state index is -0.168. The van der Waals surface area contributed by atoms with Crippen molar-refractivity contribution in [1.82, 2.24) is 4.98 Å². The molecule has 0 aliphatic heterocycles. The molecule has 144 valence electrons. The largest absolute Gasteiger partial charge is 0.497 e. The maximum Gasteiger partial charge on any atom is 0.255 e. The molecule has 1 heterocycles. The number of hydrogen-bond acceptors (Lipinski definition) is 4. The van der Waals surface area contributed by atoms with E-state index in [9.17, 15) is 4.79 Å². The van der Waals surface area contributed by atoms with Crippen LogP contribution < -0.4 is 10.1 Å². The summed E-state index contributed by atoms with van der Waals surface area (Å²) < 4.78 is 5.11. The monoisotopic (exact) mass is 420 g/mol. The first-order valence-corrected chi connectivity index (χ1v) is 10.2. The number of amides is 1. The molecule has 4 aromatic rings. The maximum absolute atomic E-state index is 12.4. The highest BCUT2D eigenvalue weighted by Gasteiger charge is 2.09. The van der Waals surface area contributed by atoms with E-state index in [0.717, 1.165) is 27.5 Å². The molecular formula is C23H17ClN2O2S. The van der Waals surface area contributed by atoms with Crippen LogP contribution in [0.4, 0.5) is 5.69 Å². The molecule has 4 nitrogen and oxygen atoms in total. The molecule has 3 aromatic carbocycles. The Morgan fingerprint density at radius 2 is 1.59 bits per heavy atom. The summed E-state index contributed by atoms with van der Waals surface area (Å²) >= 11 is 7.54. The zero-order chi connectivity index (χ0) is 20.2. The highest BCUT2D eigenvalue weighted by Crippen LogP contribution is 2.30. The van der Waals surface area contributed by atoms with E-state index in [1.165, 1.54) is 0 Å². The van der Waals surface area contributed by atoms with Crippen molar-refractivity contribution in [1.29, 1.82) is 0 Å². The standard InChI is InChI=1S/C23H17ClN2O2S/c1-28-20-12-6-16(7-13-20)22(27)25-19-10-4-15(5-11-19)21-14-29-23(26-21)17-2-8-18(24)9-3-17/h2-14H,1H3,(H,25,27). The number of benzene rings is 3. The average Bonchev–Trinajstić information content (AvgIpc) is 3.25. The number of halogens is 1. The Labute approximate surface area is 177 Å². The van der Waals surface area contributed by atoms with Crippen molar-refractivity contribution in [2.24, 2.45) is 0 Å². The second kappa shape index (κ2) is 8.47. The molecule has 1 aromatic heterocycles. The number of carbonyl (C=O) groups excluding carboxylic acids is 1. The van der Waals surface area contributed by atoms with Crippen LogP contribution >= 0.6 is 22.9 Å². The number of ether oxygens (including phenoxy) is 1. The Morgan fingerprint density at radius 3 is 2.24 bits per heavy atom. The fourth-order valence-electron chi connectivity index (χ4n) is 2.80. The number of anilines is 1. The van der Waals surface area contributed by atoms with Crippen molar-refractivity contribution < 1.29 is 9.53 Å². The lowest BCUT2D eigenvalue weighted by atomic mass is 10.1. The Hall–Kier alpha value is -3.15. The smallest absolute Gasteiger partial charge is 0.255 e. The summed E-state index contributed by atoms with van der Waals surface area (Å²) in [7, 11) is 1.59. The summed E-state index contributed by atoms with van der Waals surface area (Å²) in [6, 6.07) is 22.3. The van der Waals surface area contributed by atoms with Gasteiger partial charge in [0.1, 0.15) is 10.8 Å². The van der Waals surface area contributed by atoms with E-state index < -0.39 is 0 Å². The van der Waals surface area contributed by atoms with Gasteiger partial charge in [0.15, 0.2) is 0 Å². The van der Waals surface area contributed by atoms with Crippen LogP contribution in [0.25, 0.3) is 21.8 Å². The van der Waals surface area contributed by atoms with Gasteiger partial charge in [-0.25, -0.2) is 4.98 Å². The van der Waals surface area contributed by atoms with Crippen LogP contribution in [0.5, 0.6) is 5.75 Å². The number of nitrogens with zero attached hydrogens (tertiary/aromatic N) is 1. The molecule has 0 fully saturated rings. The molecule has 0 atom stereocenters. The third-order valence-electron chi connectivity index (χ3n) is 4.39. The van der Waals surface area contributed by atoms with Gasteiger partial charge in [0.2, 0.25) is 0 Å². The summed E-state index contributed by atoms with van der Waals surface area (Å²) in [4.78, 5) is 17.1. The van der Waals surface area contributed by atoms with Crippen LogP contribution in [0, 0.1) is 0 Å². The number of methoxy groups -OCH3 is 1. The highest BCUT2D eigenvalue weighted by atomic mass is 35.5. The van der Waals surface area contributed by atoms with Gasteiger partial charge in [-0.1, -0.05) is 35.9 Å². The molecular weight excluding hydrogens is 404 g/mol. The summed E-state index contributed by atoms with van der Waals surface area (Å²) in [6.07, 6.45) is 0. The van der Waals surface area contributed by atoms with Gasteiger partial charge in [0.25, 0.3) is 5.91 Å². The number of carbonyl (C=O) groups is 1. The average molecular weight is 421 g/mol. The van der Waals surface area contributed by atoms with E-state index in [1.54, 1.807) is 42.7 Å². The van der Waals surface area contributed by atoms with Gasteiger partial charge in [0, 0.05) is 32.8 Å². The Kier molecular flexibility index (Phi) is 5.60. The molecule has 0 aliphatic rings. The molecule has 1 N–H and O–H groups in total. The first kappa shape index (κ1) is 19.2. The SMILES string of the molecule is COc1ccc(C(=O)Nc2ccc(-c3csc(-c4ccc(Cl)cc4)n3)cc2)cc1. The highest BCUT2D eigenvalue weighted by molar-refractivity contribution is 7.13. The lowest BCUT2D eigenvalue weighted by Crippen LogP contribution is -2.11. The number of hydrogen-bond donors (Lipinski definition) is 1. The van der Waals surface area contributed by atoms with Crippen LogP contribution in [-0.4, -0.2) is 18.0 Å². The van der Waals surface area contributed by atoms with Crippen molar-refractivity contribution in [3.63, 3.8) is 0 Å². The molecule has 1 amide bonds. The Bertz CT molecular complexity index is 1120. The molecule has 0 radical (unpaired) electrons. The van der Waals surface area contributed by atoms with Gasteiger partial charge in [-0.05, 0) is 48.5 Å². The van der Waals surface area contributed by atoms with Gasteiger partial charge in [0.05, 0.1) is 12.8 Å². The van der Waals surface area contributed by atoms with Crippen molar-refractivity contribution >= 4 is 34.5 Å². The zero-order valence-corrected chi connectivity index (χ0v) is 17.1. The van der Waals surface area contributed by atoms with Crippen LogP contribution in [-0.2, 0) is 0 Å². The van der Waals surface area contributed by atoms with Gasteiger partial charge < -0.3 is 10.1 Å². The second-order valence-electron chi connectivity index (χ2n) is 6.30. The lowest BCUT2D eigenvalue weighted by Gasteiger charge is -2.07. The molecule has 29 heavy (non-hydrogen) atoms. The minimum Gasteiger partial charge on any atom is -0.497 e. The van der Waals surface area contributed by atoms with Crippen LogP contribution in [0.15, 0.2) is 78.2 Å². The van der Waals surface area contributed by atoms with Crippen molar-refractivity contribution in [3.8, 4) is 27.6 Å². The van der Waals surface area contributed by atoms with Crippen molar-refractivity contribution in [2.75, 3.05) is 12.4 Å². The Morgan fingerprint density at radius 1 is 0.931 bits per heavy atom. The van der Waals surface area contributed by atoms with Gasteiger partial charge in [-0.3, -0.25) is 4.79 Å². The van der Waals surface area contributed by atoms with E-state index in [2.05, 4.69) is 5.32 Å². The number of nitrogens with one attached hydrogen (secondary N) is 1. The van der Waals surface area contributed by atoms with Crippen molar-refractivity contribution in [3.05, 3.63) is 88.8 Å². The maximum atomic E-state index is 12.4. The Balaban J connectivity index is 1.46. The summed E-state index contributed by atoms with van der Waals surface area (Å²) in [6.45, 7) is 0. The van der Waals surface area contributed by atoms with E-state index >= 15 is 0 Å². The lowest BCUT2D eigenvalue weighted by molar-refractivity contribution is 0.102. The summed E-state index contributed by atoms with van der Waals surface area (Å²) in [5.74, 6) is 0.547. The molecule has 0 saturated heterocycles. The fourth-order valence-corrected chi connectivity index (χ4v) is 3.76. The quantitative estimate of drug-likeness (QED) is 0.407. The number of aromatic nitrogens is 1. The van der Waals surface area contributed by atoms with Crippen LogP contribution in [0.2, 0.25) is 5.02 Å². The third kappa shape index (κ3) is 4.47. The van der Waals surface area contributed by atoms with Gasteiger partial charge in [-0.2, -0.15) is 0 Å². The van der Waals surface area contributed by atoms with Gasteiger partial charge >= 0.3 is 0 Å². The topological polar surface area (TPSA) is 51.2 Å². The molecule has 4 rings (SSSR count). The first-order valence-electron chi connectivity index (χ1n) is 8.90. The molecule has 6 heteroatoms. The predicted molar refractivity (Wildman–Crippen MR) is 119 cm³/mol. The van der Waals surface area contributed by atoms with Crippen molar-refractivity contribution in [2.45, 2.75) is 0 Å². The van der Waals surface area contributed by atoms with Crippen LogP contribution in [0.1, 0.15) is 10.4 Å². The molecule has 0 spiro atoms. The number of thiazole rings is 1. The van der Waals surface area contributed by atoms with E-state index in [1.807, 2.05) is 53.9 Å². The van der Waals surface area contributed by atoms with E-state index in [0.29, 0.717) is 16.3 Å². The first-order chi connectivity index (χ1) is 14.1. The fraction of sp³-hybridized carbons (Fsp3) is 0.0435. The number of rotatable bonds is 5. The third-order valence-corrected chi connectivity index (χ3v) is 5.53. The van der Waals surface area contributed by atoms with Crippen LogP contribution in [0.3, 0.4) is 0 Å². The van der Waals surface area contributed by atoms with E-state index in [-0.39, 0.29) is 5.91 Å². The molecule has 0 aliphatic carbocycles.